The minimum atomic E-state index is -0.399. The summed E-state index contributed by atoms with van der Waals surface area (Å²) in [5.74, 6) is 0.00912. The zero-order valence-corrected chi connectivity index (χ0v) is 12.9. The summed E-state index contributed by atoms with van der Waals surface area (Å²) in [4.78, 5) is 26.7. The van der Waals surface area contributed by atoms with E-state index >= 15 is 0 Å². The molecule has 0 aliphatic carbocycles. The largest absolute Gasteiger partial charge is 0.368 e. The van der Waals surface area contributed by atoms with Crippen LogP contribution in [-0.4, -0.2) is 43.4 Å². The summed E-state index contributed by atoms with van der Waals surface area (Å²) in [6.07, 6.45) is 0.905. The molecule has 1 aliphatic heterocycles. The summed E-state index contributed by atoms with van der Waals surface area (Å²) in [5, 5.41) is 2.92. The topological polar surface area (TPSA) is 52.7 Å². The fraction of sp³-hybridized carbons (Fsp3) is 0.500. The van der Waals surface area contributed by atoms with E-state index in [9.17, 15) is 9.59 Å². The second-order valence-electron chi connectivity index (χ2n) is 6.38. The van der Waals surface area contributed by atoms with Crippen molar-refractivity contribution in [2.75, 3.05) is 36.4 Å². The molecule has 21 heavy (non-hydrogen) atoms. The van der Waals surface area contributed by atoms with E-state index in [1.165, 1.54) is 0 Å². The number of benzene rings is 1. The van der Waals surface area contributed by atoms with Crippen LogP contribution in [0.5, 0.6) is 0 Å². The van der Waals surface area contributed by atoms with E-state index in [2.05, 4.69) is 10.2 Å². The standard InChI is InChI=1S/C16H23N3O2/c1-16(2,3)15(21)17-13-4-6-14(7-5-13)19-10-8-18(12-20)9-11-19/h4-7,12H,8-11H2,1-3H3,(H,17,21). The van der Waals surface area contributed by atoms with Crippen LogP contribution in [0, 0.1) is 5.41 Å². The lowest BCUT2D eigenvalue weighted by Crippen LogP contribution is -2.45. The van der Waals surface area contributed by atoms with Crippen LogP contribution in [-0.2, 0) is 9.59 Å². The number of carbonyl (C=O) groups excluding carboxylic acids is 2. The lowest BCUT2D eigenvalue weighted by atomic mass is 9.95. The molecule has 1 aromatic rings. The van der Waals surface area contributed by atoms with E-state index in [1.807, 2.05) is 45.0 Å². The minimum Gasteiger partial charge on any atom is -0.368 e. The third-order valence-corrected chi connectivity index (χ3v) is 3.63. The second-order valence-corrected chi connectivity index (χ2v) is 6.38. The highest BCUT2D eigenvalue weighted by Gasteiger charge is 2.21. The van der Waals surface area contributed by atoms with Gasteiger partial charge < -0.3 is 15.1 Å². The SMILES string of the molecule is CC(C)(C)C(=O)Nc1ccc(N2CCN(C=O)CC2)cc1. The number of piperazine rings is 1. The van der Waals surface area contributed by atoms with E-state index in [-0.39, 0.29) is 5.91 Å². The van der Waals surface area contributed by atoms with Crippen molar-refractivity contribution in [3.05, 3.63) is 24.3 Å². The molecule has 0 atom stereocenters. The van der Waals surface area contributed by atoms with Crippen LogP contribution in [0.2, 0.25) is 0 Å². The van der Waals surface area contributed by atoms with Gasteiger partial charge in [-0.15, -0.1) is 0 Å². The normalized spacial score (nSPS) is 15.8. The molecule has 2 amide bonds. The van der Waals surface area contributed by atoms with Crippen molar-refractivity contribution in [3.63, 3.8) is 0 Å². The fourth-order valence-corrected chi connectivity index (χ4v) is 2.16. The number of hydrogen-bond acceptors (Lipinski definition) is 3. The molecule has 1 N–H and O–H groups in total. The predicted octanol–water partition coefficient (Wildman–Crippen LogP) is 1.95. The number of nitrogens with one attached hydrogen (secondary N) is 1. The minimum absolute atomic E-state index is 0.00912. The smallest absolute Gasteiger partial charge is 0.229 e. The number of rotatable bonds is 3. The first-order valence-corrected chi connectivity index (χ1v) is 7.26. The zero-order chi connectivity index (χ0) is 15.5. The van der Waals surface area contributed by atoms with E-state index < -0.39 is 5.41 Å². The molecule has 1 heterocycles. The molecule has 1 fully saturated rings. The molecule has 5 nitrogen and oxygen atoms in total. The van der Waals surface area contributed by atoms with Gasteiger partial charge in [0.05, 0.1) is 0 Å². The van der Waals surface area contributed by atoms with Gasteiger partial charge in [0.2, 0.25) is 12.3 Å². The first-order chi connectivity index (χ1) is 9.90. The quantitative estimate of drug-likeness (QED) is 0.865. The number of carbonyl (C=O) groups is 2. The Hall–Kier alpha value is -2.04. The van der Waals surface area contributed by atoms with Crippen LogP contribution >= 0.6 is 0 Å². The number of hydrogen-bond donors (Lipinski definition) is 1. The number of nitrogens with zero attached hydrogens (tertiary/aromatic N) is 2. The molecule has 2 rings (SSSR count). The van der Waals surface area contributed by atoms with Crippen LogP contribution in [0.25, 0.3) is 0 Å². The maximum Gasteiger partial charge on any atom is 0.229 e. The van der Waals surface area contributed by atoms with Gasteiger partial charge in [0.1, 0.15) is 0 Å². The van der Waals surface area contributed by atoms with Gasteiger partial charge in [-0.1, -0.05) is 20.8 Å². The van der Waals surface area contributed by atoms with Crippen LogP contribution in [0.3, 0.4) is 0 Å². The third-order valence-electron chi connectivity index (χ3n) is 3.63. The number of amides is 2. The van der Waals surface area contributed by atoms with Crippen LogP contribution < -0.4 is 10.2 Å². The fourth-order valence-electron chi connectivity index (χ4n) is 2.16. The first-order valence-electron chi connectivity index (χ1n) is 7.26. The van der Waals surface area contributed by atoms with E-state index in [4.69, 9.17) is 0 Å². The highest BCUT2D eigenvalue weighted by Crippen LogP contribution is 2.21. The summed E-state index contributed by atoms with van der Waals surface area (Å²) in [7, 11) is 0. The zero-order valence-electron chi connectivity index (χ0n) is 12.9. The Kier molecular flexibility index (Phi) is 4.50. The maximum absolute atomic E-state index is 11.9. The Morgan fingerprint density at radius 2 is 1.67 bits per heavy atom. The second kappa shape index (κ2) is 6.16. The van der Waals surface area contributed by atoms with Crippen molar-refractivity contribution in [2.24, 2.45) is 5.41 Å². The molecule has 0 radical (unpaired) electrons. The van der Waals surface area contributed by atoms with Crippen molar-refractivity contribution >= 4 is 23.7 Å². The highest BCUT2D eigenvalue weighted by atomic mass is 16.2. The monoisotopic (exact) mass is 289 g/mol. The lowest BCUT2D eigenvalue weighted by molar-refractivity contribution is -0.123. The summed E-state index contributed by atoms with van der Waals surface area (Å²) < 4.78 is 0. The van der Waals surface area contributed by atoms with Gasteiger partial charge in [0, 0.05) is 43.0 Å². The van der Waals surface area contributed by atoms with Gasteiger partial charge in [0.15, 0.2) is 0 Å². The van der Waals surface area contributed by atoms with Crippen LogP contribution in [0.1, 0.15) is 20.8 Å². The Balaban J connectivity index is 1.96. The van der Waals surface area contributed by atoms with Gasteiger partial charge >= 0.3 is 0 Å². The highest BCUT2D eigenvalue weighted by molar-refractivity contribution is 5.94. The molecule has 0 saturated carbocycles. The maximum atomic E-state index is 11.9. The van der Waals surface area contributed by atoms with Gasteiger partial charge in [-0.05, 0) is 24.3 Å². The third kappa shape index (κ3) is 3.97. The Labute approximate surface area is 125 Å². The van der Waals surface area contributed by atoms with Crippen LogP contribution in [0.15, 0.2) is 24.3 Å². The Morgan fingerprint density at radius 1 is 1.10 bits per heavy atom. The van der Waals surface area contributed by atoms with Crippen molar-refractivity contribution in [3.8, 4) is 0 Å². The summed E-state index contributed by atoms with van der Waals surface area (Å²) in [6.45, 7) is 8.87. The van der Waals surface area contributed by atoms with Crippen molar-refractivity contribution in [2.45, 2.75) is 20.8 Å². The Morgan fingerprint density at radius 3 is 2.14 bits per heavy atom. The molecular formula is C16H23N3O2. The molecule has 1 aromatic carbocycles. The van der Waals surface area contributed by atoms with Crippen molar-refractivity contribution < 1.29 is 9.59 Å². The average molecular weight is 289 g/mol. The van der Waals surface area contributed by atoms with Crippen molar-refractivity contribution in [1.29, 1.82) is 0 Å². The first kappa shape index (κ1) is 15.4. The summed E-state index contributed by atoms with van der Waals surface area (Å²) >= 11 is 0. The summed E-state index contributed by atoms with van der Waals surface area (Å²) in [5.41, 5.74) is 1.53. The molecule has 0 aromatic heterocycles. The average Bonchev–Trinajstić information content (AvgIpc) is 2.47. The predicted molar refractivity (Wildman–Crippen MR) is 84.4 cm³/mol. The van der Waals surface area contributed by atoms with Gasteiger partial charge in [-0.3, -0.25) is 9.59 Å². The summed E-state index contributed by atoms with van der Waals surface area (Å²) in [6, 6.07) is 7.86. The van der Waals surface area contributed by atoms with E-state index in [1.54, 1.807) is 4.90 Å². The van der Waals surface area contributed by atoms with Gasteiger partial charge in [0.25, 0.3) is 0 Å². The van der Waals surface area contributed by atoms with Gasteiger partial charge in [-0.2, -0.15) is 0 Å². The molecule has 0 spiro atoms. The molecule has 5 heteroatoms. The van der Waals surface area contributed by atoms with Crippen molar-refractivity contribution in [1.82, 2.24) is 4.90 Å². The molecule has 1 aliphatic rings. The van der Waals surface area contributed by atoms with Crippen LogP contribution in [0.4, 0.5) is 11.4 Å². The molecular weight excluding hydrogens is 266 g/mol. The molecule has 114 valence electrons. The molecule has 0 unspecified atom stereocenters. The van der Waals surface area contributed by atoms with Gasteiger partial charge in [-0.25, -0.2) is 0 Å². The lowest BCUT2D eigenvalue weighted by Gasteiger charge is -2.34. The van der Waals surface area contributed by atoms with E-state index in [0.29, 0.717) is 0 Å². The van der Waals surface area contributed by atoms with E-state index in [0.717, 1.165) is 44.0 Å². The number of anilines is 2. The Bertz CT molecular complexity index is 497. The molecule has 0 bridgehead atoms. The molecule has 1 saturated heterocycles.